The van der Waals surface area contributed by atoms with Gasteiger partial charge in [0.2, 0.25) is 65.0 Å². The predicted octanol–water partition coefficient (Wildman–Crippen LogP) is -3.18. The van der Waals surface area contributed by atoms with E-state index in [1.54, 1.807) is 56.4 Å². The van der Waals surface area contributed by atoms with Crippen molar-refractivity contribution in [1.82, 2.24) is 67.7 Å². The maximum absolute atomic E-state index is 14.5. The molecular weight excluding hydrogens is 1360 g/mol. The molecule has 8 atom stereocenters. The lowest BCUT2D eigenvalue weighted by molar-refractivity contribution is -0.142. The number of aliphatic imine (C=N–C) groups is 1. The van der Waals surface area contributed by atoms with Crippen LogP contribution in [0.2, 0.25) is 0 Å². The molecule has 32 heteroatoms. The Bertz CT molecular complexity index is 3170. The highest BCUT2D eigenvalue weighted by Crippen LogP contribution is 2.28. The van der Waals surface area contributed by atoms with Gasteiger partial charge in [0.05, 0.1) is 33.2 Å². The number of hydrogen-bond acceptors (Lipinski definition) is 15. The number of carbonyl (C=O) groups is 11. The van der Waals surface area contributed by atoms with Crippen LogP contribution in [0.5, 0.6) is 5.75 Å². The lowest BCUT2D eigenvalue weighted by Gasteiger charge is -2.30. The second-order valence-corrected chi connectivity index (χ2v) is 23.7. The number of primary amides is 1. The molecule has 0 radical (unpaired) electrons. The van der Waals surface area contributed by atoms with Crippen molar-refractivity contribution in [2.75, 3.05) is 32.8 Å². The van der Waals surface area contributed by atoms with Crippen LogP contribution in [0.15, 0.2) is 60.1 Å². The molecule has 2 saturated heterocycles. The maximum atomic E-state index is 14.5. The van der Waals surface area contributed by atoms with E-state index >= 15 is 0 Å². The number of aromatic amines is 2. The van der Waals surface area contributed by atoms with E-state index < -0.39 is 127 Å². The molecule has 0 bridgehead atoms. The standard InChI is InChI=1S/C55H73I2N17O13/c1-27(2)15-37(49(82)69-36(9-5-13-62-55(59)60)54(87)74-14-6-10-42(74)53(86)64-23-43(58)76)68-45(78)24-65-47(80)38(18-28-16-32(56)46(79)33(57)17-28)70-52(85)41(25-75)73-50(83)39(19-29-21-63-34-8-4-3-7-31(29)34)71-51(84)40(20-30-22-61-26-66-30)72-48(81)35-11-12-44(77)67-35/h3-4,7-8,16-17,21-22,26-27,35-42,63,75,79H,5-6,9-15,18-20,23-25H2,1-2H3,(H2,58,76)(H,61,66)(H,64,86)(H,65,80)(H,67,77)(H,68,78)(H,69,82)(H,70,85)(H,71,84)(H,72,81)(H,73,83)(H4,59,60,62)/t35-,36-,37-,38-,39-,40-,41-,42-/m0/s1. The summed E-state index contributed by atoms with van der Waals surface area (Å²) in [4.78, 5) is 165. The second kappa shape index (κ2) is 32.5. The number of H-pyrrole nitrogens is 2. The van der Waals surface area contributed by atoms with Gasteiger partial charge in [-0.3, -0.25) is 57.7 Å². The predicted molar refractivity (Wildman–Crippen MR) is 331 cm³/mol. The van der Waals surface area contributed by atoms with E-state index in [4.69, 9.17) is 17.2 Å². The summed E-state index contributed by atoms with van der Waals surface area (Å²) in [7, 11) is 0. The van der Waals surface area contributed by atoms with Gasteiger partial charge < -0.3 is 90.1 Å². The number of aromatic hydroxyl groups is 1. The van der Waals surface area contributed by atoms with Gasteiger partial charge in [0, 0.05) is 67.8 Å². The van der Waals surface area contributed by atoms with Crippen molar-refractivity contribution in [3.8, 4) is 5.75 Å². The van der Waals surface area contributed by atoms with Crippen LogP contribution in [0.3, 0.4) is 0 Å². The van der Waals surface area contributed by atoms with Gasteiger partial charge in [-0.1, -0.05) is 32.0 Å². The number of fused-ring (bicyclic) bond motifs is 1. The fraction of sp³-hybridized carbons (Fsp3) is 0.473. The molecule has 11 amide bonds. The Kier molecular flexibility index (Phi) is 25.4. The van der Waals surface area contributed by atoms with E-state index in [-0.39, 0.29) is 94.4 Å². The number of nitrogens with one attached hydrogen (secondary N) is 11. The number of benzene rings is 2. The van der Waals surface area contributed by atoms with Crippen molar-refractivity contribution in [3.05, 3.63) is 79.1 Å². The summed E-state index contributed by atoms with van der Waals surface area (Å²) in [5.41, 5.74) is 18.4. The Morgan fingerprint density at radius 2 is 1.40 bits per heavy atom. The van der Waals surface area contributed by atoms with Crippen LogP contribution < -0.4 is 65.1 Å². The Hall–Kier alpha value is -8.15. The molecule has 2 aliphatic rings. The molecule has 4 aromatic rings. The number of halogens is 2. The number of likely N-dealkylation sites (tertiary alicyclic amines) is 1. The zero-order chi connectivity index (χ0) is 63.5. The van der Waals surface area contributed by atoms with Crippen LogP contribution >= 0.6 is 45.2 Å². The maximum Gasteiger partial charge on any atom is 0.245 e. The number of hydrogen-bond donors (Lipinski definition) is 16. The van der Waals surface area contributed by atoms with Gasteiger partial charge in [0.25, 0.3) is 0 Å². The summed E-state index contributed by atoms with van der Waals surface area (Å²) in [5.74, 6) is -8.81. The molecule has 2 aromatic heterocycles. The highest BCUT2D eigenvalue weighted by Gasteiger charge is 2.39. The van der Waals surface area contributed by atoms with Crippen molar-refractivity contribution < 1.29 is 63.0 Å². The summed E-state index contributed by atoms with van der Waals surface area (Å²) < 4.78 is 0.802. The summed E-state index contributed by atoms with van der Waals surface area (Å²) in [6, 6.07) is -0.175. The van der Waals surface area contributed by atoms with Gasteiger partial charge in [-0.15, -0.1) is 0 Å². The summed E-state index contributed by atoms with van der Waals surface area (Å²) >= 11 is 3.77. The average Bonchev–Trinajstić information content (AvgIpc) is 2.81. The number of nitrogens with two attached hydrogens (primary N) is 3. The van der Waals surface area contributed by atoms with Crippen molar-refractivity contribution in [3.63, 3.8) is 0 Å². The number of aromatic nitrogens is 3. The number of aliphatic hydroxyl groups excluding tert-OH is 1. The van der Waals surface area contributed by atoms with Gasteiger partial charge in [0.15, 0.2) is 5.96 Å². The molecule has 2 fully saturated rings. The first-order chi connectivity index (χ1) is 41.4. The molecule has 0 aliphatic carbocycles. The molecular formula is C55H73I2N17O13. The van der Waals surface area contributed by atoms with Crippen molar-refractivity contribution in [1.29, 1.82) is 0 Å². The number of nitrogens with zero attached hydrogens (tertiary/aromatic N) is 3. The monoisotopic (exact) mass is 1430 g/mol. The third kappa shape index (κ3) is 20.2. The number of rotatable bonds is 31. The highest BCUT2D eigenvalue weighted by atomic mass is 127. The summed E-state index contributed by atoms with van der Waals surface area (Å²) in [6.07, 6.45) is 5.22. The van der Waals surface area contributed by atoms with E-state index in [0.717, 1.165) is 0 Å². The first-order valence-electron chi connectivity index (χ1n) is 28.0. The fourth-order valence-electron chi connectivity index (χ4n) is 9.90. The number of imidazole rings is 1. The molecule has 0 saturated carbocycles. The van der Waals surface area contributed by atoms with Crippen LogP contribution in [-0.2, 0) is 72.0 Å². The van der Waals surface area contributed by atoms with Crippen molar-refractivity contribution in [2.24, 2.45) is 28.1 Å². The number of carbonyl (C=O) groups excluding carboxylic acids is 11. The lowest BCUT2D eigenvalue weighted by Crippen LogP contribution is -2.60. The van der Waals surface area contributed by atoms with Gasteiger partial charge >= 0.3 is 0 Å². The molecule has 0 spiro atoms. The number of phenolic OH excluding ortho intramolecular Hbond substituents is 1. The first kappa shape index (κ1) is 68.0. The van der Waals surface area contributed by atoms with E-state index in [1.807, 2.05) is 45.2 Å². The number of amides is 11. The normalized spacial score (nSPS) is 16.7. The zero-order valence-electron chi connectivity index (χ0n) is 47.7. The van der Waals surface area contributed by atoms with Gasteiger partial charge in [-0.2, -0.15) is 0 Å². The summed E-state index contributed by atoms with van der Waals surface area (Å²) in [5, 5.41) is 45.2. The summed E-state index contributed by atoms with van der Waals surface area (Å²) in [6.45, 7) is 1.61. The minimum Gasteiger partial charge on any atom is -0.506 e. The van der Waals surface area contributed by atoms with Crippen LogP contribution in [0.25, 0.3) is 10.9 Å². The highest BCUT2D eigenvalue weighted by molar-refractivity contribution is 14.1. The first-order valence-corrected chi connectivity index (χ1v) is 30.2. The lowest BCUT2D eigenvalue weighted by atomic mass is 10.0. The fourth-order valence-corrected chi connectivity index (χ4v) is 11.8. The average molecular weight is 1430 g/mol. The molecule has 30 nitrogen and oxygen atoms in total. The molecule has 87 heavy (non-hydrogen) atoms. The van der Waals surface area contributed by atoms with E-state index in [2.05, 4.69) is 67.8 Å². The Balaban J connectivity index is 1.19. The Labute approximate surface area is 526 Å². The van der Waals surface area contributed by atoms with Crippen LogP contribution in [0.1, 0.15) is 75.6 Å². The van der Waals surface area contributed by atoms with Crippen LogP contribution in [0, 0.1) is 13.1 Å². The van der Waals surface area contributed by atoms with Gasteiger partial charge in [-0.25, -0.2) is 4.98 Å². The van der Waals surface area contributed by atoms with E-state index in [0.29, 0.717) is 41.3 Å². The van der Waals surface area contributed by atoms with Crippen molar-refractivity contribution >= 4 is 127 Å². The number of guanidine groups is 1. The Morgan fingerprint density at radius 1 is 0.759 bits per heavy atom. The molecule has 6 rings (SSSR count). The molecule has 4 heterocycles. The topological polar surface area (TPSA) is 475 Å². The third-order valence-electron chi connectivity index (χ3n) is 14.2. The van der Waals surface area contributed by atoms with Gasteiger partial charge in [-0.05, 0) is 119 Å². The molecule has 2 aliphatic heterocycles. The minimum atomic E-state index is -1.77. The van der Waals surface area contributed by atoms with Crippen LogP contribution in [-0.4, -0.2) is 182 Å². The van der Waals surface area contributed by atoms with Gasteiger partial charge in [0.1, 0.15) is 54.1 Å². The van der Waals surface area contributed by atoms with E-state index in [1.165, 1.54) is 17.4 Å². The zero-order valence-corrected chi connectivity index (χ0v) is 52.0. The third-order valence-corrected chi connectivity index (χ3v) is 15.9. The molecule has 2 aromatic carbocycles. The van der Waals surface area contributed by atoms with E-state index in [9.17, 15) is 63.0 Å². The molecule has 0 unspecified atom stereocenters. The molecule has 470 valence electrons. The molecule has 19 N–H and O–H groups in total. The largest absolute Gasteiger partial charge is 0.506 e. The number of aliphatic hydroxyl groups is 1. The Morgan fingerprint density at radius 3 is 2.03 bits per heavy atom. The number of para-hydroxylation sites is 1. The SMILES string of the molecule is CC(C)C[C@H](NC(=O)CNC(=O)[C@H](Cc1cc(I)c(O)c(I)c1)NC(=O)[C@H](CO)NC(=O)[C@H](Cc1c[nH]c2ccccc12)NC(=O)[C@H](Cc1cnc[nH]1)NC(=O)[C@@H]1CCC(=O)N1)C(=O)N[C@@H](CCCN=C(N)N)C(=O)N1CCC[C@H]1C(=O)NCC(N)=O. The minimum absolute atomic E-state index is 0.0137. The van der Waals surface area contributed by atoms with Crippen LogP contribution in [0.4, 0.5) is 0 Å². The quantitative estimate of drug-likeness (QED) is 0.0102. The smallest absolute Gasteiger partial charge is 0.245 e. The van der Waals surface area contributed by atoms with Crippen molar-refractivity contribution in [2.45, 2.75) is 126 Å². The number of phenols is 1. The second-order valence-electron chi connectivity index (χ2n) is 21.4.